The standard InChI is InChI=1S/C30H38O4/c1-20-9-14-26-21(2)28(32-27-19-29(3)17-15-25(20)30(26,27)34-33-29)31-18-16-22-10-12-24(13-11-22)23-7-5-4-6-8-23/h4-8,10-13,20-21,25-28H,9,14-19H2,1-3H3/t20-,21-,25+,26+,27+,28+,29+,30-/m1/s1. The molecule has 0 radical (unpaired) electrons. The highest BCUT2D eigenvalue weighted by atomic mass is 17.2. The second-order valence-corrected chi connectivity index (χ2v) is 11.5. The Kier molecular flexibility index (Phi) is 5.84. The molecule has 0 unspecified atom stereocenters. The zero-order valence-electron chi connectivity index (χ0n) is 20.7. The van der Waals surface area contributed by atoms with E-state index in [-0.39, 0.29) is 29.5 Å². The van der Waals surface area contributed by atoms with E-state index in [4.69, 9.17) is 19.2 Å². The smallest absolute Gasteiger partial charge is 0.161 e. The minimum Gasteiger partial charge on any atom is -0.352 e. The molecular formula is C30H38O4. The summed E-state index contributed by atoms with van der Waals surface area (Å²) < 4.78 is 13.2. The van der Waals surface area contributed by atoms with Crippen LogP contribution < -0.4 is 0 Å². The van der Waals surface area contributed by atoms with Gasteiger partial charge in [-0.25, -0.2) is 9.78 Å². The lowest BCUT2D eigenvalue weighted by molar-refractivity contribution is -0.495. The van der Waals surface area contributed by atoms with Gasteiger partial charge in [-0.05, 0) is 67.6 Å². The molecule has 5 fully saturated rings. The summed E-state index contributed by atoms with van der Waals surface area (Å²) in [6, 6.07) is 19.4. The molecule has 182 valence electrons. The highest BCUT2D eigenvalue weighted by Crippen LogP contribution is 2.61. The third kappa shape index (κ3) is 3.74. The van der Waals surface area contributed by atoms with Crippen LogP contribution in [0.15, 0.2) is 54.6 Å². The van der Waals surface area contributed by atoms with Gasteiger partial charge in [-0.1, -0.05) is 68.4 Å². The highest BCUT2D eigenvalue weighted by Gasteiger charge is 2.68. The second-order valence-electron chi connectivity index (χ2n) is 11.5. The van der Waals surface area contributed by atoms with Crippen molar-refractivity contribution in [3.63, 3.8) is 0 Å². The van der Waals surface area contributed by atoms with Crippen LogP contribution in [-0.2, 0) is 25.7 Å². The maximum atomic E-state index is 6.74. The predicted octanol–water partition coefficient (Wildman–Crippen LogP) is 6.58. The molecule has 0 aromatic heterocycles. The fraction of sp³-hybridized carbons (Fsp3) is 0.600. The molecule has 0 amide bonds. The van der Waals surface area contributed by atoms with Crippen molar-refractivity contribution >= 4 is 0 Å². The lowest BCUT2D eigenvalue weighted by Crippen LogP contribution is -2.69. The van der Waals surface area contributed by atoms with Crippen molar-refractivity contribution in [3.8, 4) is 11.1 Å². The maximum Gasteiger partial charge on any atom is 0.161 e. The number of fused-ring (bicyclic) bond motifs is 2. The monoisotopic (exact) mass is 462 g/mol. The van der Waals surface area contributed by atoms with Crippen LogP contribution in [-0.4, -0.2) is 30.2 Å². The van der Waals surface area contributed by atoms with E-state index in [1.54, 1.807) is 0 Å². The van der Waals surface area contributed by atoms with Gasteiger partial charge in [0.2, 0.25) is 0 Å². The number of ether oxygens (including phenoxy) is 2. The van der Waals surface area contributed by atoms with Crippen LogP contribution in [0.5, 0.6) is 0 Å². The Morgan fingerprint density at radius 2 is 1.65 bits per heavy atom. The van der Waals surface area contributed by atoms with Gasteiger partial charge in [0, 0.05) is 18.3 Å². The highest BCUT2D eigenvalue weighted by molar-refractivity contribution is 5.63. The maximum absolute atomic E-state index is 6.74. The Morgan fingerprint density at radius 1 is 0.882 bits per heavy atom. The summed E-state index contributed by atoms with van der Waals surface area (Å²) in [6.07, 6.45) is 6.32. The van der Waals surface area contributed by atoms with E-state index >= 15 is 0 Å². The molecule has 4 nitrogen and oxygen atoms in total. The van der Waals surface area contributed by atoms with Crippen molar-refractivity contribution in [2.24, 2.45) is 23.7 Å². The molecule has 34 heavy (non-hydrogen) atoms. The number of hydrogen-bond acceptors (Lipinski definition) is 4. The summed E-state index contributed by atoms with van der Waals surface area (Å²) in [6.45, 7) is 7.55. The van der Waals surface area contributed by atoms with Crippen molar-refractivity contribution in [2.75, 3.05) is 6.61 Å². The molecular weight excluding hydrogens is 424 g/mol. The zero-order chi connectivity index (χ0) is 23.3. The molecule has 2 bridgehead atoms. The van der Waals surface area contributed by atoms with Crippen molar-refractivity contribution in [2.45, 2.75) is 82.9 Å². The van der Waals surface area contributed by atoms with E-state index in [1.807, 2.05) is 0 Å². The Hall–Kier alpha value is -1.72. The summed E-state index contributed by atoms with van der Waals surface area (Å²) in [4.78, 5) is 12.5. The van der Waals surface area contributed by atoms with Gasteiger partial charge in [-0.15, -0.1) is 0 Å². The van der Waals surface area contributed by atoms with Crippen LogP contribution in [0.3, 0.4) is 0 Å². The summed E-state index contributed by atoms with van der Waals surface area (Å²) >= 11 is 0. The lowest BCUT2D eigenvalue weighted by Gasteiger charge is -2.61. The molecule has 2 aliphatic carbocycles. The largest absolute Gasteiger partial charge is 0.352 e. The number of rotatable bonds is 5. The Morgan fingerprint density at radius 3 is 2.44 bits per heavy atom. The molecule has 3 aliphatic heterocycles. The number of hydrogen-bond donors (Lipinski definition) is 0. The summed E-state index contributed by atoms with van der Waals surface area (Å²) in [5.41, 5.74) is 3.24. The molecule has 2 saturated carbocycles. The molecule has 1 spiro atoms. The molecule has 2 aromatic carbocycles. The van der Waals surface area contributed by atoms with Crippen LogP contribution in [0.4, 0.5) is 0 Å². The van der Waals surface area contributed by atoms with Gasteiger partial charge in [0.25, 0.3) is 0 Å². The van der Waals surface area contributed by atoms with Gasteiger partial charge in [0.15, 0.2) is 6.29 Å². The van der Waals surface area contributed by atoms with Crippen LogP contribution in [0.25, 0.3) is 11.1 Å². The van der Waals surface area contributed by atoms with Crippen molar-refractivity contribution in [1.82, 2.24) is 0 Å². The second kappa shape index (κ2) is 8.74. The topological polar surface area (TPSA) is 36.9 Å². The van der Waals surface area contributed by atoms with Gasteiger partial charge in [0.05, 0.1) is 12.7 Å². The Bertz CT molecular complexity index is 991. The zero-order valence-corrected chi connectivity index (χ0v) is 20.7. The third-order valence-corrected chi connectivity index (χ3v) is 9.37. The predicted molar refractivity (Wildman–Crippen MR) is 132 cm³/mol. The normalized spacial score (nSPS) is 41.0. The SMILES string of the molecule is C[C@H]1[C@@H](OCCc2ccc(-c3ccccc3)cc2)O[C@H]2C[C@]3(C)CC[C@H]4[C@H](C)CC[C@@H]1[C@@]24OO3. The fourth-order valence-corrected chi connectivity index (χ4v) is 7.40. The summed E-state index contributed by atoms with van der Waals surface area (Å²) in [7, 11) is 0. The van der Waals surface area contributed by atoms with Gasteiger partial charge >= 0.3 is 0 Å². The number of benzene rings is 2. The average Bonchev–Trinajstić information content (AvgIpc) is 3.09. The first-order valence-corrected chi connectivity index (χ1v) is 13.3. The molecule has 3 saturated heterocycles. The molecule has 8 atom stereocenters. The quantitative estimate of drug-likeness (QED) is 0.470. The van der Waals surface area contributed by atoms with Gasteiger partial charge in [-0.3, -0.25) is 0 Å². The molecule has 7 rings (SSSR count). The molecule has 2 aromatic rings. The van der Waals surface area contributed by atoms with Crippen LogP contribution >= 0.6 is 0 Å². The van der Waals surface area contributed by atoms with Crippen molar-refractivity contribution in [1.29, 1.82) is 0 Å². The van der Waals surface area contributed by atoms with Gasteiger partial charge < -0.3 is 9.47 Å². The van der Waals surface area contributed by atoms with E-state index in [2.05, 4.69) is 75.4 Å². The van der Waals surface area contributed by atoms with Gasteiger partial charge in [0.1, 0.15) is 11.2 Å². The minimum atomic E-state index is -0.305. The van der Waals surface area contributed by atoms with Crippen LogP contribution in [0, 0.1) is 23.7 Å². The average molecular weight is 463 g/mol. The first kappa shape index (κ1) is 22.7. The van der Waals surface area contributed by atoms with E-state index in [9.17, 15) is 0 Å². The third-order valence-electron chi connectivity index (χ3n) is 9.37. The summed E-state index contributed by atoms with van der Waals surface area (Å²) in [5.74, 6) is 1.87. The minimum absolute atomic E-state index is 0.0536. The lowest BCUT2D eigenvalue weighted by atomic mass is 9.56. The Labute approximate surface area is 203 Å². The van der Waals surface area contributed by atoms with E-state index in [0.717, 1.165) is 19.3 Å². The first-order valence-electron chi connectivity index (χ1n) is 13.3. The molecule has 3 heterocycles. The van der Waals surface area contributed by atoms with Gasteiger partial charge in [-0.2, -0.15) is 0 Å². The Balaban J connectivity index is 1.14. The molecule has 5 aliphatic rings. The van der Waals surface area contributed by atoms with E-state index in [0.29, 0.717) is 24.4 Å². The van der Waals surface area contributed by atoms with E-state index in [1.165, 1.54) is 36.0 Å². The molecule has 0 N–H and O–H groups in total. The van der Waals surface area contributed by atoms with Crippen molar-refractivity contribution < 1.29 is 19.2 Å². The fourth-order valence-electron chi connectivity index (χ4n) is 7.40. The van der Waals surface area contributed by atoms with E-state index < -0.39 is 0 Å². The first-order chi connectivity index (χ1) is 16.5. The van der Waals surface area contributed by atoms with Crippen LogP contribution in [0.2, 0.25) is 0 Å². The van der Waals surface area contributed by atoms with Crippen LogP contribution in [0.1, 0.15) is 58.4 Å². The molecule has 4 heteroatoms. The van der Waals surface area contributed by atoms with Crippen molar-refractivity contribution in [3.05, 3.63) is 60.2 Å². The summed E-state index contributed by atoms with van der Waals surface area (Å²) in [5, 5.41) is 0.